The van der Waals surface area contributed by atoms with Gasteiger partial charge in [-0.3, -0.25) is 4.21 Å². The second kappa shape index (κ2) is 18.6. The Morgan fingerprint density at radius 3 is 2.08 bits per heavy atom. The van der Waals surface area contributed by atoms with Gasteiger partial charge >= 0.3 is 0 Å². The van der Waals surface area contributed by atoms with Gasteiger partial charge in [0.25, 0.3) is 0 Å². The van der Waals surface area contributed by atoms with Crippen molar-refractivity contribution in [1.29, 1.82) is 0 Å². The average molecular weight is 735 g/mol. The summed E-state index contributed by atoms with van der Waals surface area (Å²) in [6.07, 6.45) is 4.18. The van der Waals surface area contributed by atoms with Gasteiger partial charge in [0.2, 0.25) is 5.36 Å². The van der Waals surface area contributed by atoms with Gasteiger partial charge in [0, 0.05) is 80.7 Å². The van der Waals surface area contributed by atoms with E-state index in [0.717, 1.165) is 102 Å². The molecule has 0 spiro atoms. The molecule has 1 atom stereocenters. The quantitative estimate of drug-likeness (QED) is 0.0306. The lowest BCUT2D eigenvalue weighted by Gasteiger charge is -2.25. The number of thioether (sulfide) groups is 2. The normalized spacial score (nSPS) is 12.7. The number of nitrogens with zero attached hydrogens (tertiary/aromatic N) is 2. The molecule has 6 rings (SSSR count). The molecule has 0 saturated heterocycles. The topological polar surface area (TPSA) is 59.5 Å². The molecule has 5 nitrogen and oxygen atoms in total. The maximum Gasteiger partial charge on any atom is 0.203 e. The zero-order valence-corrected chi connectivity index (χ0v) is 31.9. The number of benzene rings is 5. The van der Waals surface area contributed by atoms with Crippen LogP contribution >= 0.6 is 23.5 Å². The smallest absolute Gasteiger partial charge is 0.203 e. The Kier molecular flexibility index (Phi) is 13.5. The van der Waals surface area contributed by atoms with Crippen LogP contribution in [0.15, 0.2) is 140 Å². The minimum Gasteiger partial charge on any atom is -0.768 e. The molecule has 264 valence electrons. The van der Waals surface area contributed by atoms with Crippen LogP contribution in [0.25, 0.3) is 33.4 Å². The highest BCUT2D eigenvalue weighted by Gasteiger charge is 2.21. The van der Waals surface area contributed by atoms with Crippen LogP contribution in [0, 0.1) is 0 Å². The van der Waals surface area contributed by atoms with Crippen LogP contribution in [0.2, 0.25) is 0 Å². The second-order valence-electron chi connectivity index (χ2n) is 12.6. The molecule has 0 radical (unpaired) electrons. The molecule has 0 N–H and O–H groups in total. The molecule has 4 aromatic rings. The molecule has 1 aliphatic heterocycles. The lowest BCUT2D eigenvalue weighted by Crippen LogP contribution is -2.32. The van der Waals surface area contributed by atoms with E-state index in [2.05, 4.69) is 120 Å². The molecule has 0 aromatic heterocycles. The molecule has 2 aliphatic rings. The first-order valence-corrected chi connectivity index (χ1v) is 21.0. The third kappa shape index (κ3) is 9.54. The summed E-state index contributed by atoms with van der Waals surface area (Å²) < 4.78 is 34.2. The van der Waals surface area contributed by atoms with Crippen molar-refractivity contribution < 1.29 is 13.2 Å². The number of fused-ring (bicyclic) bond motifs is 2. The van der Waals surface area contributed by atoms with Crippen LogP contribution in [0.4, 0.5) is 5.69 Å². The summed E-state index contributed by atoms with van der Waals surface area (Å²) in [6, 6.07) is 41.2. The second-order valence-corrected chi connectivity index (χ2v) is 15.8. The highest BCUT2D eigenvalue weighted by Crippen LogP contribution is 2.42. The Bertz CT molecular complexity index is 2080. The Labute approximate surface area is 313 Å². The van der Waals surface area contributed by atoms with Crippen LogP contribution in [0.3, 0.4) is 0 Å². The SMILES string of the molecule is CCCN(CCCSc1ccccc1)c1ccc2c(-c3ccccc3S(=O)[O-])c3ccc(=[N+](CCC)CCCSc4ccccc4)cc-3oc2c1. The van der Waals surface area contributed by atoms with Crippen LogP contribution in [-0.2, 0) is 11.1 Å². The first-order valence-electron chi connectivity index (χ1n) is 17.9. The number of hydrogen-bond donors (Lipinski definition) is 0. The third-order valence-corrected chi connectivity index (χ3v) is 11.8. The van der Waals surface area contributed by atoms with Gasteiger partial charge in [-0.2, -0.15) is 0 Å². The van der Waals surface area contributed by atoms with Gasteiger partial charge in [0.15, 0.2) is 0 Å². The largest absolute Gasteiger partial charge is 0.768 e. The van der Waals surface area contributed by atoms with Crippen LogP contribution < -0.4 is 14.8 Å². The summed E-state index contributed by atoms with van der Waals surface area (Å²) in [5.41, 5.74) is 4.33. The summed E-state index contributed by atoms with van der Waals surface area (Å²) in [5.74, 6) is 2.84. The van der Waals surface area contributed by atoms with Gasteiger partial charge in [-0.25, -0.2) is 4.58 Å². The Morgan fingerprint density at radius 2 is 1.39 bits per heavy atom. The molecule has 0 amide bonds. The summed E-state index contributed by atoms with van der Waals surface area (Å²) in [6.45, 7) is 8.20. The Hall–Kier alpha value is -3.82. The predicted octanol–water partition coefficient (Wildman–Crippen LogP) is 10.2. The van der Waals surface area contributed by atoms with Gasteiger partial charge in [-0.1, -0.05) is 68.4 Å². The minimum atomic E-state index is -2.39. The maximum absolute atomic E-state index is 12.5. The van der Waals surface area contributed by atoms with Gasteiger partial charge in [-0.05, 0) is 83.8 Å². The van der Waals surface area contributed by atoms with Crippen molar-refractivity contribution in [3.05, 3.63) is 127 Å². The van der Waals surface area contributed by atoms with E-state index < -0.39 is 11.1 Å². The molecular weight excluding hydrogens is 689 g/mol. The Morgan fingerprint density at radius 1 is 0.706 bits per heavy atom. The first kappa shape index (κ1) is 37.0. The van der Waals surface area contributed by atoms with Gasteiger partial charge in [0.1, 0.15) is 24.4 Å². The molecule has 1 heterocycles. The predicted molar refractivity (Wildman–Crippen MR) is 217 cm³/mol. The van der Waals surface area contributed by atoms with Crippen LogP contribution in [0.1, 0.15) is 39.5 Å². The molecule has 1 unspecified atom stereocenters. The van der Waals surface area contributed by atoms with E-state index >= 15 is 0 Å². The van der Waals surface area contributed by atoms with E-state index in [0.29, 0.717) is 5.56 Å². The van der Waals surface area contributed by atoms with Crippen molar-refractivity contribution in [1.82, 2.24) is 4.58 Å². The zero-order valence-electron chi connectivity index (χ0n) is 29.5. The molecular formula is C43H46N2O3S3. The molecule has 0 fully saturated rings. The number of rotatable bonds is 17. The zero-order chi connectivity index (χ0) is 35.4. The molecule has 0 bridgehead atoms. The van der Waals surface area contributed by atoms with Crippen molar-refractivity contribution >= 4 is 51.3 Å². The van der Waals surface area contributed by atoms with Crippen molar-refractivity contribution in [3.8, 4) is 22.5 Å². The van der Waals surface area contributed by atoms with E-state index in [4.69, 9.17) is 4.42 Å². The average Bonchev–Trinajstić information content (AvgIpc) is 3.16. The van der Waals surface area contributed by atoms with Gasteiger partial charge in [-0.15, -0.1) is 23.5 Å². The number of hydrogen-bond acceptors (Lipinski definition) is 6. The molecule has 51 heavy (non-hydrogen) atoms. The Balaban J connectivity index is 1.38. The van der Waals surface area contributed by atoms with Crippen molar-refractivity contribution in [2.24, 2.45) is 0 Å². The van der Waals surface area contributed by atoms with E-state index in [1.54, 1.807) is 12.1 Å². The maximum atomic E-state index is 12.5. The first-order chi connectivity index (χ1) is 25.1. The minimum absolute atomic E-state index is 0.284. The van der Waals surface area contributed by atoms with Gasteiger partial charge < -0.3 is 13.9 Å². The van der Waals surface area contributed by atoms with E-state index in [9.17, 15) is 8.76 Å². The summed E-state index contributed by atoms with van der Waals surface area (Å²) in [4.78, 5) is 5.32. The van der Waals surface area contributed by atoms with Crippen LogP contribution in [0.5, 0.6) is 0 Å². The summed E-state index contributed by atoms with van der Waals surface area (Å²) >= 11 is 1.39. The van der Waals surface area contributed by atoms with Crippen molar-refractivity contribution in [2.45, 2.75) is 54.2 Å². The highest BCUT2D eigenvalue weighted by molar-refractivity contribution is 7.99. The summed E-state index contributed by atoms with van der Waals surface area (Å²) in [5, 5.41) is 2.01. The van der Waals surface area contributed by atoms with E-state index in [-0.39, 0.29) is 4.90 Å². The molecule has 1 aliphatic carbocycles. The highest BCUT2D eigenvalue weighted by atomic mass is 32.2. The lowest BCUT2D eigenvalue weighted by molar-refractivity contribution is 0.537. The summed E-state index contributed by atoms with van der Waals surface area (Å²) in [7, 11) is 0. The van der Waals surface area contributed by atoms with E-state index in [1.165, 1.54) is 9.79 Å². The van der Waals surface area contributed by atoms with Crippen LogP contribution in [-0.4, -0.2) is 46.4 Å². The fourth-order valence-corrected chi connectivity index (χ4v) is 8.83. The third-order valence-electron chi connectivity index (χ3n) is 8.91. The fourth-order valence-electron chi connectivity index (χ4n) is 6.57. The van der Waals surface area contributed by atoms with Gasteiger partial charge in [0.05, 0.1) is 6.07 Å². The molecule has 4 aromatic carbocycles. The lowest BCUT2D eigenvalue weighted by atomic mass is 9.93. The number of anilines is 1. The molecule has 0 saturated carbocycles. The monoisotopic (exact) mass is 734 g/mol. The fraction of sp³-hybridized carbons (Fsp3) is 0.279. The van der Waals surface area contributed by atoms with E-state index in [1.807, 2.05) is 35.7 Å². The standard InChI is InChI=1S/C43H46N2O3S3/c1-3-25-44(27-13-29-49-35-15-7-5-8-16-35)33-21-23-37-40(31-33)48-41-32-34(45(26-4-2)28-14-30-50-36-17-9-6-10-18-36)22-24-38(41)43(37)39-19-11-12-20-42(39)51(46)47/h5-12,15-24,31-32H,3-4,13-14,25-30H2,1-2H3. The van der Waals surface area contributed by atoms with Crippen molar-refractivity contribution in [3.63, 3.8) is 0 Å². The molecule has 8 heteroatoms. The van der Waals surface area contributed by atoms with Crippen molar-refractivity contribution in [2.75, 3.05) is 42.6 Å².